The molecular formula is C7H11NO6S. The van der Waals surface area contributed by atoms with E-state index in [2.05, 4.69) is 0 Å². The molecule has 1 rings (SSSR count). The third kappa shape index (κ3) is 2.45. The van der Waals surface area contributed by atoms with Crippen LogP contribution in [0.25, 0.3) is 0 Å². The molecule has 0 unspecified atom stereocenters. The molecular weight excluding hydrogens is 226 g/mol. The highest BCUT2D eigenvalue weighted by Crippen LogP contribution is 2.25. The summed E-state index contributed by atoms with van der Waals surface area (Å²) in [5, 5.41) is 17.5. The maximum Gasteiger partial charge on any atom is 0.308 e. The first-order chi connectivity index (χ1) is 6.73. The lowest BCUT2D eigenvalue weighted by Gasteiger charge is -2.10. The molecule has 0 saturated carbocycles. The van der Waals surface area contributed by atoms with Crippen molar-refractivity contribution in [2.75, 3.05) is 19.3 Å². The van der Waals surface area contributed by atoms with E-state index in [1.165, 1.54) is 0 Å². The number of sulfonamides is 1. The number of nitrogens with zero attached hydrogens (tertiary/aromatic N) is 1. The molecule has 2 atom stereocenters. The summed E-state index contributed by atoms with van der Waals surface area (Å²) < 4.78 is 23.1. The third-order valence-corrected chi connectivity index (χ3v) is 3.63. The van der Waals surface area contributed by atoms with Gasteiger partial charge in [0.15, 0.2) is 0 Å². The van der Waals surface area contributed by atoms with Crippen molar-refractivity contribution < 1.29 is 28.2 Å². The summed E-state index contributed by atoms with van der Waals surface area (Å²) in [6, 6.07) is 0. The van der Waals surface area contributed by atoms with Crippen LogP contribution in [0.15, 0.2) is 0 Å². The molecule has 15 heavy (non-hydrogen) atoms. The number of carboxylic acid groups (broad SMARTS) is 2. The zero-order valence-corrected chi connectivity index (χ0v) is 8.77. The third-order valence-electron chi connectivity index (χ3n) is 2.39. The molecule has 0 radical (unpaired) electrons. The maximum atomic E-state index is 11.1. The van der Waals surface area contributed by atoms with Gasteiger partial charge in [-0.05, 0) is 0 Å². The molecule has 0 aromatic heterocycles. The van der Waals surface area contributed by atoms with Gasteiger partial charge in [-0.25, -0.2) is 12.7 Å². The topological polar surface area (TPSA) is 112 Å². The van der Waals surface area contributed by atoms with E-state index in [-0.39, 0.29) is 13.1 Å². The van der Waals surface area contributed by atoms with Gasteiger partial charge in [-0.2, -0.15) is 0 Å². The summed E-state index contributed by atoms with van der Waals surface area (Å²) in [5.74, 6) is -4.91. The van der Waals surface area contributed by atoms with Crippen LogP contribution in [0, 0.1) is 11.8 Å². The fourth-order valence-electron chi connectivity index (χ4n) is 1.54. The highest BCUT2D eigenvalue weighted by molar-refractivity contribution is 7.88. The largest absolute Gasteiger partial charge is 0.481 e. The van der Waals surface area contributed by atoms with E-state index in [1.807, 2.05) is 0 Å². The number of hydrogen-bond donors (Lipinski definition) is 2. The van der Waals surface area contributed by atoms with Crippen molar-refractivity contribution >= 4 is 22.0 Å². The second kappa shape index (κ2) is 3.78. The molecule has 0 bridgehead atoms. The average Bonchev–Trinajstić information content (AvgIpc) is 2.45. The zero-order chi connectivity index (χ0) is 11.8. The lowest BCUT2D eigenvalue weighted by Crippen LogP contribution is -2.28. The van der Waals surface area contributed by atoms with Gasteiger partial charge in [0.25, 0.3) is 0 Å². The molecule has 0 amide bonds. The average molecular weight is 237 g/mol. The Hall–Kier alpha value is -1.15. The van der Waals surface area contributed by atoms with Crippen LogP contribution in [-0.2, 0) is 19.6 Å². The lowest BCUT2D eigenvalue weighted by molar-refractivity contribution is -0.151. The van der Waals surface area contributed by atoms with Crippen molar-refractivity contribution in [3.05, 3.63) is 0 Å². The summed E-state index contributed by atoms with van der Waals surface area (Å²) in [6.45, 7) is -0.545. The molecule has 0 aliphatic carbocycles. The van der Waals surface area contributed by atoms with Crippen LogP contribution in [-0.4, -0.2) is 54.2 Å². The van der Waals surface area contributed by atoms with Crippen molar-refractivity contribution in [2.45, 2.75) is 0 Å². The van der Waals surface area contributed by atoms with Crippen LogP contribution >= 0.6 is 0 Å². The predicted octanol–water partition coefficient (Wildman–Crippen LogP) is -1.34. The molecule has 7 nitrogen and oxygen atoms in total. The Morgan fingerprint density at radius 1 is 1.13 bits per heavy atom. The van der Waals surface area contributed by atoms with Gasteiger partial charge in [-0.3, -0.25) is 9.59 Å². The maximum absolute atomic E-state index is 11.1. The van der Waals surface area contributed by atoms with E-state index < -0.39 is 33.8 Å². The van der Waals surface area contributed by atoms with E-state index in [4.69, 9.17) is 10.2 Å². The normalized spacial score (nSPS) is 27.8. The van der Waals surface area contributed by atoms with Gasteiger partial charge in [-0.1, -0.05) is 0 Å². The minimum absolute atomic E-state index is 0.273. The monoisotopic (exact) mass is 237 g/mol. The number of hydrogen-bond acceptors (Lipinski definition) is 4. The van der Waals surface area contributed by atoms with Gasteiger partial charge in [0, 0.05) is 13.1 Å². The van der Waals surface area contributed by atoms with Gasteiger partial charge in [-0.15, -0.1) is 0 Å². The van der Waals surface area contributed by atoms with Gasteiger partial charge >= 0.3 is 11.9 Å². The van der Waals surface area contributed by atoms with Gasteiger partial charge in [0.2, 0.25) is 10.0 Å². The Balaban J connectivity index is 2.93. The second-order valence-electron chi connectivity index (χ2n) is 3.47. The summed E-state index contributed by atoms with van der Waals surface area (Å²) in [4.78, 5) is 21.4. The van der Waals surface area contributed by atoms with Crippen LogP contribution in [0.4, 0.5) is 0 Å². The minimum atomic E-state index is -3.53. The van der Waals surface area contributed by atoms with E-state index >= 15 is 0 Å². The summed E-state index contributed by atoms with van der Waals surface area (Å²) >= 11 is 0. The number of carbonyl (C=O) groups is 2. The summed E-state index contributed by atoms with van der Waals surface area (Å²) in [6.07, 6.45) is 0.927. The lowest BCUT2D eigenvalue weighted by atomic mass is 9.97. The van der Waals surface area contributed by atoms with Gasteiger partial charge in [0.05, 0.1) is 18.1 Å². The SMILES string of the molecule is CS(=O)(=O)N1C[C@H](C(=O)O)[C@@H](C(=O)O)C1. The van der Waals surface area contributed by atoms with E-state index in [9.17, 15) is 18.0 Å². The fraction of sp³-hybridized carbons (Fsp3) is 0.714. The van der Waals surface area contributed by atoms with Crippen molar-refractivity contribution in [1.29, 1.82) is 0 Å². The Kier molecular flexibility index (Phi) is 3.00. The highest BCUT2D eigenvalue weighted by Gasteiger charge is 2.44. The fourth-order valence-corrected chi connectivity index (χ4v) is 2.40. The molecule has 1 saturated heterocycles. The summed E-state index contributed by atoms with van der Waals surface area (Å²) in [5.41, 5.74) is 0. The first kappa shape index (κ1) is 11.9. The van der Waals surface area contributed by atoms with Crippen LogP contribution in [0.5, 0.6) is 0 Å². The molecule has 1 aliphatic heterocycles. The van der Waals surface area contributed by atoms with Crippen molar-refractivity contribution in [1.82, 2.24) is 4.31 Å². The molecule has 1 aliphatic rings. The van der Waals surface area contributed by atoms with E-state index in [0.717, 1.165) is 10.6 Å². The van der Waals surface area contributed by atoms with Crippen LogP contribution in [0.2, 0.25) is 0 Å². The molecule has 8 heteroatoms. The van der Waals surface area contributed by atoms with Crippen molar-refractivity contribution in [3.63, 3.8) is 0 Å². The zero-order valence-electron chi connectivity index (χ0n) is 7.95. The Labute approximate surface area is 86.4 Å². The standard InChI is InChI=1S/C7H11NO6S/c1-15(13,14)8-2-4(6(9)10)5(3-8)7(11)12/h4-5H,2-3H2,1H3,(H,9,10)(H,11,12)/t4-,5-/m0/s1. The van der Waals surface area contributed by atoms with Gasteiger partial charge in [0.1, 0.15) is 0 Å². The van der Waals surface area contributed by atoms with E-state index in [0.29, 0.717) is 0 Å². The highest BCUT2D eigenvalue weighted by atomic mass is 32.2. The number of aliphatic carboxylic acids is 2. The van der Waals surface area contributed by atoms with Crippen LogP contribution < -0.4 is 0 Å². The van der Waals surface area contributed by atoms with Gasteiger partial charge < -0.3 is 10.2 Å². The Morgan fingerprint density at radius 3 is 1.67 bits per heavy atom. The Morgan fingerprint density at radius 2 is 1.47 bits per heavy atom. The molecule has 1 fully saturated rings. The smallest absolute Gasteiger partial charge is 0.308 e. The quantitative estimate of drug-likeness (QED) is 0.628. The summed E-state index contributed by atoms with van der Waals surface area (Å²) in [7, 11) is -3.53. The molecule has 86 valence electrons. The van der Waals surface area contributed by atoms with E-state index in [1.54, 1.807) is 0 Å². The molecule has 0 aromatic rings. The van der Waals surface area contributed by atoms with Crippen LogP contribution in [0.3, 0.4) is 0 Å². The van der Waals surface area contributed by atoms with Crippen LogP contribution in [0.1, 0.15) is 0 Å². The molecule has 1 heterocycles. The number of rotatable bonds is 3. The molecule has 0 aromatic carbocycles. The molecule has 0 spiro atoms. The van der Waals surface area contributed by atoms with Crippen molar-refractivity contribution in [2.24, 2.45) is 11.8 Å². The van der Waals surface area contributed by atoms with Crippen molar-refractivity contribution in [3.8, 4) is 0 Å². The number of carboxylic acids is 2. The molecule has 2 N–H and O–H groups in total. The predicted molar refractivity (Wildman–Crippen MR) is 48.7 cm³/mol. The Bertz CT molecular complexity index is 366. The second-order valence-corrected chi connectivity index (χ2v) is 5.45. The first-order valence-electron chi connectivity index (χ1n) is 4.14. The first-order valence-corrected chi connectivity index (χ1v) is 5.99. The minimum Gasteiger partial charge on any atom is -0.481 e.